The number of hydrogen-bond donors (Lipinski definition) is 2. The molecule has 0 radical (unpaired) electrons. The summed E-state index contributed by atoms with van der Waals surface area (Å²) in [6, 6.07) is 4.21. The molecule has 2 fully saturated rings. The summed E-state index contributed by atoms with van der Waals surface area (Å²) >= 11 is 0. The van der Waals surface area contributed by atoms with Gasteiger partial charge < -0.3 is 19.7 Å². The maximum Gasteiger partial charge on any atom is 0.311 e. The van der Waals surface area contributed by atoms with Gasteiger partial charge in [0.2, 0.25) is 0 Å². The molecule has 0 aliphatic heterocycles. The largest absolute Gasteiger partial charge is 0.506 e. The van der Waals surface area contributed by atoms with Gasteiger partial charge in [0.25, 0.3) is 0 Å². The first kappa shape index (κ1) is 45.6. The van der Waals surface area contributed by atoms with Gasteiger partial charge in [0.05, 0.1) is 16.9 Å². The summed E-state index contributed by atoms with van der Waals surface area (Å²) in [5.74, 6) is -3.09. The van der Waals surface area contributed by atoms with Crippen molar-refractivity contribution < 1.29 is 38.9 Å². The fraction of sp³-hybridized carbons (Fsp3) is 0.617. The number of ketones is 2. The molecule has 5 unspecified atom stereocenters. The molecule has 5 atom stereocenters. The van der Waals surface area contributed by atoms with Crippen LogP contribution in [0.25, 0.3) is 5.76 Å². The first-order valence-corrected chi connectivity index (χ1v) is 20.2. The van der Waals surface area contributed by atoms with Gasteiger partial charge in [-0.25, -0.2) is 0 Å². The Hall–Kier alpha value is -3.78. The number of ether oxygens (including phenoxy) is 2. The van der Waals surface area contributed by atoms with E-state index in [1.54, 1.807) is 0 Å². The molecule has 2 aliphatic carbocycles. The van der Waals surface area contributed by atoms with Gasteiger partial charge in [0.15, 0.2) is 23.1 Å². The lowest BCUT2D eigenvalue weighted by Gasteiger charge is -2.65. The van der Waals surface area contributed by atoms with Crippen molar-refractivity contribution >= 4 is 29.3 Å². The smallest absolute Gasteiger partial charge is 0.311 e. The van der Waals surface area contributed by atoms with Crippen LogP contribution in [0.4, 0.5) is 0 Å². The summed E-state index contributed by atoms with van der Waals surface area (Å²) in [5, 5.41) is 25.3. The molecule has 8 nitrogen and oxygen atoms in total. The molecule has 2 N–H and O–H groups in total. The highest BCUT2D eigenvalue weighted by molar-refractivity contribution is 6.30. The second-order valence-corrected chi connectivity index (χ2v) is 18.4. The van der Waals surface area contributed by atoms with Gasteiger partial charge in [-0.3, -0.25) is 19.2 Å². The van der Waals surface area contributed by atoms with Crippen LogP contribution < -0.4 is 9.47 Å². The Balaban J connectivity index is 2.47. The van der Waals surface area contributed by atoms with Crippen molar-refractivity contribution in [1.82, 2.24) is 0 Å². The fourth-order valence-electron chi connectivity index (χ4n) is 8.57. The number of carbonyl (C=O) groups is 4. The normalized spacial score (nSPS) is 24.7. The molecule has 3 rings (SSSR count). The van der Waals surface area contributed by atoms with E-state index in [9.17, 15) is 19.8 Å². The SMILES string of the molecule is CCCC(=O)Oc1ccc(C(O)=C2C(=O)C3(CC(CC=C(C)C)C(C)(C)C)CC(CC=C(C)C)C(C)(C)C(CC=C(C)C)(C2=O)C3O)cc1OC(=O)CCC. The number of aliphatic hydroxyl groups is 2. The number of aliphatic hydroxyl groups excluding tert-OH is 2. The lowest BCUT2D eigenvalue weighted by molar-refractivity contribution is -0.210. The molecule has 2 saturated carbocycles. The van der Waals surface area contributed by atoms with Crippen LogP contribution in [0.3, 0.4) is 0 Å². The molecule has 0 spiro atoms. The molecule has 0 saturated heterocycles. The van der Waals surface area contributed by atoms with Crippen LogP contribution in [0, 0.1) is 33.5 Å². The first-order valence-electron chi connectivity index (χ1n) is 20.2. The molecule has 0 heterocycles. The van der Waals surface area contributed by atoms with Crippen molar-refractivity contribution in [2.45, 2.75) is 154 Å². The number of Topliss-reactive ketones (excluding diaryl/α,β-unsaturated/α-hetero) is 2. The summed E-state index contributed by atoms with van der Waals surface area (Å²) in [4.78, 5) is 56.2. The van der Waals surface area contributed by atoms with Crippen LogP contribution >= 0.6 is 0 Å². The Morgan fingerprint density at radius 3 is 1.91 bits per heavy atom. The third kappa shape index (κ3) is 9.61. The summed E-state index contributed by atoms with van der Waals surface area (Å²) in [6.07, 6.45) is 8.44. The van der Waals surface area contributed by atoms with E-state index in [-0.39, 0.29) is 59.1 Å². The van der Waals surface area contributed by atoms with Crippen LogP contribution in [-0.2, 0) is 19.2 Å². The van der Waals surface area contributed by atoms with E-state index < -0.39 is 51.6 Å². The minimum Gasteiger partial charge on any atom is -0.506 e. The minimum atomic E-state index is -1.47. The Kier molecular flexibility index (Phi) is 14.9. The molecule has 304 valence electrons. The Bertz CT molecular complexity index is 1740. The van der Waals surface area contributed by atoms with Gasteiger partial charge >= 0.3 is 11.9 Å². The number of rotatable bonds is 15. The predicted octanol–water partition coefficient (Wildman–Crippen LogP) is 11.0. The van der Waals surface area contributed by atoms with E-state index in [2.05, 4.69) is 32.9 Å². The van der Waals surface area contributed by atoms with Crippen molar-refractivity contribution in [2.75, 3.05) is 0 Å². The van der Waals surface area contributed by atoms with Crippen LogP contribution in [-0.4, -0.2) is 39.8 Å². The molecule has 2 bridgehead atoms. The van der Waals surface area contributed by atoms with Crippen molar-refractivity contribution in [3.05, 3.63) is 64.3 Å². The van der Waals surface area contributed by atoms with Crippen LogP contribution in [0.1, 0.15) is 153 Å². The van der Waals surface area contributed by atoms with Gasteiger partial charge in [-0.05, 0) is 127 Å². The first-order chi connectivity index (χ1) is 25.5. The van der Waals surface area contributed by atoms with Crippen molar-refractivity contribution in [1.29, 1.82) is 0 Å². The molecule has 1 aromatic rings. The molecule has 0 aromatic heterocycles. The summed E-state index contributed by atoms with van der Waals surface area (Å²) in [7, 11) is 0. The maximum absolute atomic E-state index is 15.5. The van der Waals surface area contributed by atoms with Gasteiger partial charge in [0, 0.05) is 18.4 Å². The van der Waals surface area contributed by atoms with Crippen LogP contribution in [0.2, 0.25) is 0 Å². The van der Waals surface area contributed by atoms with E-state index in [1.807, 2.05) is 75.3 Å². The monoisotopic (exact) mass is 760 g/mol. The van der Waals surface area contributed by atoms with Crippen molar-refractivity contribution in [3.8, 4) is 11.5 Å². The lowest BCUT2D eigenvalue weighted by atomic mass is 9.37. The van der Waals surface area contributed by atoms with E-state index >= 15 is 9.59 Å². The van der Waals surface area contributed by atoms with E-state index in [0.29, 0.717) is 38.5 Å². The zero-order valence-corrected chi connectivity index (χ0v) is 35.9. The van der Waals surface area contributed by atoms with Crippen molar-refractivity contribution in [2.24, 2.45) is 33.5 Å². The van der Waals surface area contributed by atoms with E-state index in [1.165, 1.54) is 18.2 Å². The Morgan fingerprint density at radius 2 is 1.40 bits per heavy atom. The van der Waals surface area contributed by atoms with E-state index in [4.69, 9.17) is 9.47 Å². The number of carbonyl (C=O) groups excluding carboxylic acids is 4. The highest BCUT2D eigenvalue weighted by atomic mass is 16.6. The quantitative estimate of drug-likeness (QED) is 0.0452. The second-order valence-electron chi connectivity index (χ2n) is 18.4. The van der Waals surface area contributed by atoms with Crippen LogP contribution in [0.5, 0.6) is 11.5 Å². The highest BCUT2D eigenvalue weighted by Crippen LogP contribution is 2.68. The van der Waals surface area contributed by atoms with Gasteiger partial charge in [-0.15, -0.1) is 0 Å². The van der Waals surface area contributed by atoms with Crippen LogP contribution in [0.15, 0.2) is 58.7 Å². The third-order valence-electron chi connectivity index (χ3n) is 12.2. The standard InChI is InChI=1S/C47H68O8/c1-14-16-37(48)54-35-23-20-32(26-36(35)55-38(49)17-15-2)40(50)39-41(51)46(27-33(44(9,10)11)21-18-29(3)4)28-34(22-19-30(5)6)45(12,13)47(42(39)52,43(46)53)25-24-31(7)8/h18-20,23-24,26,33-34,43,50,53H,14-17,21-22,25,27-28H2,1-13H3. The maximum atomic E-state index is 15.5. The molecule has 1 aromatic carbocycles. The summed E-state index contributed by atoms with van der Waals surface area (Å²) < 4.78 is 11.2. The number of esters is 2. The topological polar surface area (TPSA) is 127 Å². The minimum absolute atomic E-state index is 0.00919. The number of benzene rings is 1. The average molecular weight is 761 g/mol. The molecule has 8 heteroatoms. The second kappa shape index (κ2) is 18.0. The Morgan fingerprint density at radius 1 is 0.855 bits per heavy atom. The molecular formula is C47H68O8. The highest BCUT2D eigenvalue weighted by Gasteiger charge is 2.73. The third-order valence-corrected chi connectivity index (χ3v) is 12.2. The average Bonchev–Trinajstić information content (AvgIpc) is 3.06. The van der Waals surface area contributed by atoms with E-state index in [0.717, 1.165) is 16.7 Å². The number of allylic oxidation sites excluding steroid dienone is 7. The lowest BCUT2D eigenvalue weighted by Crippen LogP contribution is -2.72. The number of fused-ring (bicyclic) bond motifs is 2. The fourth-order valence-corrected chi connectivity index (χ4v) is 8.57. The van der Waals surface area contributed by atoms with Gasteiger partial charge in [0.1, 0.15) is 11.3 Å². The molecule has 0 amide bonds. The van der Waals surface area contributed by atoms with Gasteiger partial charge in [-0.2, -0.15) is 0 Å². The van der Waals surface area contributed by atoms with Gasteiger partial charge in [-0.1, -0.05) is 83.4 Å². The zero-order chi connectivity index (χ0) is 41.7. The summed E-state index contributed by atoms with van der Waals surface area (Å²) in [6.45, 7) is 26.2. The van der Waals surface area contributed by atoms with Crippen molar-refractivity contribution in [3.63, 3.8) is 0 Å². The molecular weight excluding hydrogens is 693 g/mol. The molecule has 2 aliphatic rings. The summed E-state index contributed by atoms with van der Waals surface area (Å²) in [5.41, 5.74) is -0.983. The predicted molar refractivity (Wildman–Crippen MR) is 220 cm³/mol. The number of hydrogen-bond acceptors (Lipinski definition) is 8. The zero-order valence-electron chi connectivity index (χ0n) is 35.9. The molecule has 55 heavy (non-hydrogen) atoms. The Labute approximate surface area is 330 Å².